The Morgan fingerprint density at radius 2 is 1.79 bits per heavy atom. The van der Waals surface area contributed by atoms with Crippen molar-refractivity contribution in [1.82, 2.24) is 0 Å². The van der Waals surface area contributed by atoms with Gasteiger partial charge in [0.2, 0.25) is 0 Å². The molecule has 1 atom stereocenters. The fourth-order valence-electron chi connectivity index (χ4n) is 3.79. The van der Waals surface area contributed by atoms with E-state index in [2.05, 4.69) is 5.32 Å². The van der Waals surface area contributed by atoms with Crippen LogP contribution in [0.15, 0.2) is 60.7 Å². The second kappa shape index (κ2) is 9.24. The van der Waals surface area contributed by atoms with Crippen molar-refractivity contribution in [2.45, 2.75) is 26.5 Å². The summed E-state index contributed by atoms with van der Waals surface area (Å²) in [4.78, 5) is 27.5. The lowest BCUT2D eigenvalue weighted by atomic mass is 10.1. The molecule has 0 spiro atoms. The molecule has 0 bridgehead atoms. The van der Waals surface area contributed by atoms with Gasteiger partial charge < -0.3 is 24.4 Å². The molecule has 7 nitrogen and oxygen atoms in total. The zero-order chi connectivity index (χ0) is 23.5. The Bertz CT molecular complexity index is 1210. The molecule has 1 N–H and O–H groups in total. The molecule has 0 fully saturated rings. The maximum Gasteiger partial charge on any atom is 0.268 e. The Morgan fingerprint density at radius 3 is 2.52 bits per heavy atom. The second-order valence-corrected chi connectivity index (χ2v) is 7.82. The van der Waals surface area contributed by atoms with Gasteiger partial charge in [-0.15, -0.1) is 0 Å². The maximum absolute atomic E-state index is 13.0. The van der Waals surface area contributed by atoms with Gasteiger partial charge in [-0.3, -0.25) is 9.59 Å². The minimum atomic E-state index is -0.589. The van der Waals surface area contributed by atoms with Crippen LogP contribution < -0.4 is 24.4 Å². The molecule has 7 heteroatoms. The van der Waals surface area contributed by atoms with Gasteiger partial charge in [0.25, 0.3) is 11.8 Å². The van der Waals surface area contributed by atoms with Crippen molar-refractivity contribution in [3.63, 3.8) is 0 Å². The number of benzene rings is 3. The quantitative estimate of drug-likeness (QED) is 0.600. The third kappa shape index (κ3) is 4.48. The highest BCUT2D eigenvalue weighted by molar-refractivity contribution is 6.06. The fraction of sp³-hybridized carbons (Fsp3) is 0.231. The molecule has 3 aromatic rings. The van der Waals surface area contributed by atoms with Crippen LogP contribution >= 0.6 is 0 Å². The summed E-state index contributed by atoms with van der Waals surface area (Å²) in [6.07, 6.45) is -0.589. The fourth-order valence-corrected chi connectivity index (χ4v) is 3.79. The molecule has 33 heavy (non-hydrogen) atoms. The minimum absolute atomic E-state index is 0.130. The molecule has 1 aliphatic heterocycles. The number of hydrogen-bond acceptors (Lipinski definition) is 5. The highest BCUT2D eigenvalue weighted by atomic mass is 16.5. The molecule has 2 amide bonds. The molecule has 0 radical (unpaired) electrons. The van der Waals surface area contributed by atoms with Crippen LogP contribution in [0.2, 0.25) is 0 Å². The number of nitrogens with one attached hydrogen (secondary N) is 1. The number of rotatable bonds is 6. The Labute approximate surface area is 192 Å². The van der Waals surface area contributed by atoms with E-state index in [1.54, 1.807) is 48.2 Å². The monoisotopic (exact) mass is 446 g/mol. The van der Waals surface area contributed by atoms with E-state index in [0.717, 1.165) is 11.1 Å². The summed E-state index contributed by atoms with van der Waals surface area (Å²) in [6, 6.07) is 18.2. The van der Waals surface area contributed by atoms with Crippen molar-refractivity contribution < 1.29 is 23.8 Å². The predicted molar refractivity (Wildman–Crippen MR) is 126 cm³/mol. The van der Waals surface area contributed by atoms with Crippen LogP contribution in [-0.4, -0.2) is 32.1 Å². The zero-order valence-electron chi connectivity index (χ0n) is 19.0. The number of ether oxygens (including phenoxy) is 3. The summed E-state index contributed by atoms with van der Waals surface area (Å²) in [5.41, 5.74) is 3.73. The van der Waals surface area contributed by atoms with Crippen LogP contribution in [0.5, 0.6) is 17.2 Å². The third-order valence-electron chi connectivity index (χ3n) is 5.66. The number of aryl methyl sites for hydroxylation is 1. The number of fused-ring (bicyclic) bond motifs is 1. The Hall–Kier alpha value is -4.00. The first-order chi connectivity index (χ1) is 15.9. The number of carbonyl (C=O) groups is 2. The Morgan fingerprint density at radius 1 is 1.03 bits per heavy atom. The first kappa shape index (κ1) is 22.2. The first-order valence-electron chi connectivity index (χ1n) is 10.6. The van der Waals surface area contributed by atoms with E-state index < -0.39 is 6.10 Å². The normalized spacial score (nSPS) is 14.8. The van der Waals surface area contributed by atoms with Crippen molar-refractivity contribution in [3.8, 4) is 17.2 Å². The van der Waals surface area contributed by atoms with Crippen LogP contribution in [0.3, 0.4) is 0 Å². The van der Waals surface area contributed by atoms with Gasteiger partial charge in [-0.1, -0.05) is 24.3 Å². The van der Waals surface area contributed by atoms with E-state index in [9.17, 15) is 9.59 Å². The standard InChI is InChI=1S/C26H26N2O5/c1-16-7-5-6-8-19(16)15-28-21-14-20(10-12-22(21)33-17(2)26(28)30)27-25(29)18-9-11-23(31-3)24(13-18)32-4/h5-14,17H,15H2,1-4H3,(H,27,29). The van der Waals surface area contributed by atoms with Crippen molar-refractivity contribution in [2.24, 2.45) is 0 Å². The van der Waals surface area contributed by atoms with Gasteiger partial charge in [0.1, 0.15) is 5.75 Å². The summed E-state index contributed by atoms with van der Waals surface area (Å²) < 4.78 is 16.3. The van der Waals surface area contributed by atoms with Gasteiger partial charge in [0.05, 0.1) is 26.5 Å². The Balaban J connectivity index is 1.62. The van der Waals surface area contributed by atoms with Gasteiger partial charge in [-0.05, 0) is 61.4 Å². The van der Waals surface area contributed by atoms with Crippen LogP contribution in [0, 0.1) is 6.92 Å². The number of hydrogen-bond donors (Lipinski definition) is 1. The second-order valence-electron chi connectivity index (χ2n) is 7.82. The minimum Gasteiger partial charge on any atom is -0.493 e. The summed E-state index contributed by atoms with van der Waals surface area (Å²) in [7, 11) is 3.06. The van der Waals surface area contributed by atoms with Gasteiger partial charge in [0, 0.05) is 11.3 Å². The maximum atomic E-state index is 13.0. The largest absolute Gasteiger partial charge is 0.493 e. The molecular formula is C26H26N2O5. The summed E-state index contributed by atoms with van der Waals surface area (Å²) >= 11 is 0. The lowest BCUT2D eigenvalue weighted by Crippen LogP contribution is -2.44. The van der Waals surface area contributed by atoms with E-state index in [0.29, 0.717) is 40.7 Å². The molecule has 0 saturated heterocycles. The van der Waals surface area contributed by atoms with Crippen LogP contribution in [0.25, 0.3) is 0 Å². The number of anilines is 2. The Kier molecular flexibility index (Phi) is 6.22. The van der Waals surface area contributed by atoms with Crippen LogP contribution in [0.1, 0.15) is 28.4 Å². The molecule has 0 aliphatic carbocycles. The topological polar surface area (TPSA) is 77.1 Å². The number of amides is 2. The van der Waals surface area contributed by atoms with Crippen molar-refractivity contribution >= 4 is 23.2 Å². The van der Waals surface area contributed by atoms with E-state index >= 15 is 0 Å². The molecule has 0 saturated carbocycles. The highest BCUT2D eigenvalue weighted by Gasteiger charge is 2.32. The van der Waals surface area contributed by atoms with Gasteiger partial charge >= 0.3 is 0 Å². The molecule has 0 aromatic heterocycles. The molecule has 1 heterocycles. The predicted octanol–water partition coefficient (Wildman–Crippen LogP) is 4.58. The molecule has 170 valence electrons. The first-order valence-corrected chi connectivity index (χ1v) is 10.6. The van der Waals surface area contributed by atoms with E-state index in [4.69, 9.17) is 14.2 Å². The lowest BCUT2D eigenvalue weighted by molar-refractivity contribution is -0.125. The number of nitrogens with zero attached hydrogens (tertiary/aromatic N) is 1. The van der Waals surface area contributed by atoms with Crippen molar-refractivity contribution in [1.29, 1.82) is 0 Å². The van der Waals surface area contributed by atoms with Crippen LogP contribution in [0.4, 0.5) is 11.4 Å². The molecule has 3 aromatic carbocycles. The van der Waals surface area contributed by atoms with Gasteiger partial charge in [0.15, 0.2) is 17.6 Å². The van der Waals surface area contributed by atoms with Gasteiger partial charge in [-0.25, -0.2) is 0 Å². The van der Waals surface area contributed by atoms with E-state index in [1.807, 2.05) is 31.2 Å². The van der Waals surface area contributed by atoms with Gasteiger partial charge in [-0.2, -0.15) is 0 Å². The molecular weight excluding hydrogens is 420 g/mol. The average Bonchev–Trinajstić information content (AvgIpc) is 2.83. The van der Waals surface area contributed by atoms with Crippen molar-refractivity contribution in [3.05, 3.63) is 77.4 Å². The zero-order valence-corrected chi connectivity index (χ0v) is 19.0. The smallest absolute Gasteiger partial charge is 0.268 e. The molecule has 4 rings (SSSR count). The number of methoxy groups -OCH3 is 2. The molecule has 1 aliphatic rings. The third-order valence-corrected chi connectivity index (χ3v) is 5.66. The lowest BCUT2D eigenvalue weighted by Gasteiger charge is -2.33. The summed E-state index contributed by atoms with van der Waals surface area (Å²) in [5, 5.41) is 2.89. The van der Waals surface area contributed by atoms with E-state index in [-0.39, 0.29) is 11.8 Å². The number of carbonyl (C=O) groups excluding carboxylic acids is 2. The molecule has 1 unspecified atom stereocenters. The summed E-state index contributed by atoms with van der Waals surface area (Å²) in [6.45, 7) is 4.17. The summed E-state index contributed by atoms with van der Waals surface area (Å²) in [5.74, 6) is 1.17. The highest BCUT2D eigenvalue weighted by Crippen LogP contribution is 2.37. The average molecular weight is 447 g/mol. The van der Waals surface area contributed by atoms with Crippen LogP contribution in [-0.2, 0) is 11.3 Å². The van der Waals surface area contributed by atoms with Crippen molar-refractivity contribution in [2.75, 3.05) is 24.4 Å². The van der Waals surface area contributed by atoms with E-state index in [1.165, 1.54) is 14.2 Å². The SMILES string of the molecule is COc1ccc(C(=O)Nc2ccc3c(c2)N(Cc2ccccc2C)C(=O)C(C)O3)cc1OC.